The van der Waals surface area contributed by atoms with Crippen LogP contribution in [0.15, 0.2) is 5.38 Å². The number of hydrogen-bond acceptors (Lipinski definition) is 3. The predicted molar refractivity (Wildman–Crippen MR) is 56.1 cm³/mol. The van der Waals surface area contributed by atoms with Gasteiger partial charge in [0, 0.05) is 10.8 Å². The average Bonchev–Trinajstić information content (AvgIpc) is 2.28. The Hall–Kier alpha value is -0.410. The van der Waals surface area contributed by atoms with Crippen molar-refractivity contribution in [2.75, 3.05) is 0 Å². The van der Waals surface area contributed by atoms with Gasteiger partial charge in [0.2, 0.25) is 0 Å². The molecule has 1 heterocycles. The van der Waals surface area contributed by atoms with Gasteiger partial charge in [0.25, 0.3) is 0 Å². The third-order valence-corrected chi connectivity index (χ3v) is 3.04. The Bertz CT molecular complexity index is 262. The Labute approximate surface area is 83.6 Å². The number of aromatic nitrogens is 1. The van der Waals surface area contributed by atoms with E-state index in [0.29, 0.717) is 0 Å². The van der Waals surface area contributed by atoms with Crippen LogP contribution in [0.25, 0.3) is 0 Å². The average molecular weight is 199 g/mol. The molecule has 74 valence electrons. The maximum absolute atomic E-state index is 9.71. The largest absolute Gasteiger partial charge is 0.384 e. The van der Waals surface area contributed by atoms with Crippen molar-refractivity contribution >= 4 is 11.3 Å². The summed E-state index contributed by atoms with van der Waals surface area (Å²) in [6.07, 6.45) is 0. The van der Waals surface area contributed by atoms with E-state index in [1.165, 1.54) is 0 Å². The lowest BCUT2D eigenvalue weighted by Gasteiger charge is -2.16. The minimum absolute atomic E-state index is 0.0775. The summed E-state index contributed by atoms with van der Waals surface area (Å²) in [6.45, 7) is 9.89. The van der Waals surface area contributed by atoms with Crippen molar-refractivity contribution in [3.05, 3.63) is 16.1 Å². The topological polar surface area (TPSA) is 33.1 Å². The molecule has 1 aromatic rings. The molecule has 0 aliphatic carbocycles. The summed E-state index contributed by atoms with van der Waals surface area (Å²) >= 11 is 1.61. The van der Waals surface area contributed by atoms with E-state index < -0.39 is 5.60 Å². The lowest BCUT2D eigenvalue weighted by Crippen LogP contribution is -2.17. The van der Waals surface area contributed by atoms with Crippen LogP contribution in [0.2, 0.25) is 0 Å². The van der Waals surface area contributed by atoms with E-state index in [0.717, 1.165) is 10.7 Å². The fourth-order valence-electron chi connectivity index (χ4n) is 0.899. The fraction of sp³-hybridized carbons (Fsp3) is 0.700. The molecule has 2 nitrogen and oxygen atoms in total. The van der Waals surface area contributed by atoms with E-state index >= 15 is 0 Å². The van der Waals surface area contributed by atoms with E-state index in [2.05, 4.69) is 25.8 Å². The van der Waals surface area contributed by atoms with E-state index in [4.69, 9.17) is 0 Å². The van der Waals surface area contributed by atoms with Crippen LogP contribution in [-0.4, -0.2) is 10.1 Å². The molecule has 0 aliphatic rings. The van der Waals surface area contributed by atoms with Crippen LogP contribution in [-0.2, 0) is 11.0 Å². The molecule has 0 amide bonds. The van der Waals surface area contributed by atoms with Gasteiger partial charge in [-0.1, -0.05) is 20.8 Å². The molecule has 0 saturated carbocycles. The maximum Gasteiger partial charge on any atom is 0.102 e. The van der Waals surface area contributed by atoms with Crippen LogP contribution in [0.5, 0.6) is 0 Å². The van der Waals surface area contributed by atoms with Crippen molar-refractivity contribution in [1.82, 2.24) is 4.98 Å². The van der Waals surface area contributed by atoms with E-state index in [1.54, 1.807) is 25.2 Å². The second-order valence-electron chi connectivity index (χ2n) is 4.85. The standard InChI is InChI=1S/C10H17NOS/c1-9(2,3)8-11-7(6-13-8)10(4,5)12/h6,12H,1-5H3. The maximum atomic E-state index is 9.71. The summed E-state index contributed by atoms with van der Waals surface area (Å²) < 4.78 is 0. The van der Waals surface area contributed by atoms with Crippen LogP contribution in [0.1, 0.15) is 45.3 Å². The second-order valence-corrected chi connectivity index (χ2v) is 5.71. The molecule has 0 spiro atoms. The van der Waals surface area contributed by atoms with Crippen molar-refractivity contribution in [3.63, 3.8) is 0 Å². The molecule has 1 N–H and O–H groups in total. The Morgan fingerprint density at radius 3 is 2.00 bits per heavy atom. The molecular weight excluding hydrogens is 182 g/mol. The third-order valence-electron chi connectivity index (χ3n) is 1.77. The molecule has 0 saturated heterocycles. The van der Waals surface area contributed by atoms with Crippen LogP contribution in [0.3, 0.4) is 0 Å². The molecule has 0 fully saturated rings. The molecule has 1 rings (SSSR count). The Morgan fingerprint density at radius 1 is 1.23 bits per heavy atom. The van der Waals surface area contributed by atoms with Gasteiger partial charge in [-0.15, -0.1) is 11.3 Å². The summed E-state index contributed by atoms with van der Waals surface area (Å²) in [5, 5.41) is 12.7. The fourth-order valence-corrected chi connectivity index (χ4v) is 1.97. The highest BCUT2D eigenvalue weighted by Crippen LogP contribution is 2.29. The second kappa shape index (κ2) is 3.07. The highest BCUT2D eigenvalue weighted by atomic mass is 32.1. The first-order valence-corrected chi connectivity index (χ1v) is 5.28. The Morgan fingerprint density at radius 2 is 1.77 bits per heavy atom. The van der Waals surface area contributed by atoms with Crippen molar-refractivity contribution in [1.29, 1.82) is 0 Å². The first kappa shape index (κ1) is 10.7. The molecule has 0 atom stereocenters. The van der Waals surface area contributed by atoms with Crippen LogP contribution < -0.4 is 0 Å². The zero-order valence-electron chi connectivity index (χ0n) is 8.88. The lowest BCUT2D eigenvalue weighted by molar-refractivity contribution is 0.0742. The van der Waals surface area contributed by atoms with Gasteiger partial charge < -0.3 is 5.11 Å². The Kier molecular flexibility index (Phi) is 2.52. The summed E-state index contributed by atoms with van der Waals surface area (Å²) in [6, 6.07) is 0. The van der Waals surface area contributed by atoms with Gasteiger partial charge in [-0.2, -0.15) is 0 Å². The molecule has 3 heteroatoms. The highest BCUT2D eigenvalue weighted by Gasteiger charge is 2.24. The monoisotopic (exact) mass is 199 g/mol. The third kappa shape index (κ3) is 2.51. The van der Waals surface area contributed by atoms with Crippen LogP contribution in [0, 0.1) is 0 Å². The quantitative estimate of drug-likeness (QED) is 0.754. The van der Waals surface area contributed by atoms with Gasteiger partial charge in [0.1, 0.15) is 5.60 Å². The predicted octanol–water partition coefficient (Wildman–Crippen LogP) is 2.67. The minimum Gasteiger partial charge on any atom is -0.384 e. The SMILES string of the molecule is CC(C)(C)c1nc(C(C)(C)O)cs1. The number of aliphatic hydroxyl groups is 1. The van der Waals surface area contributed by atoms with Crippen molar-refractivity contribution in [2.24, 2.45) is 0 Å². The smallest absolute Gasteiger partial charge is 0.102 e. The molecule has 0 aromatic carbocycles. The van der Waals surface area contributed by atoms with Gasteiger partial charge in [0.05, 0.1) is 10.7 Å². The van der Waals surface area contributed by atoms with Crippen LogP contribution in [0.4, 0.5) is 0 Å². The van der Waals surface area contributed by atoms with Gasteiger partial charge in [-0.05, 0) is 13.8 Å². The van der Waals surface area contributed by atoms with Gasteiger partial charge in [-0.25, -0.2) is 4.98 Å². The zero-order chi connectivity index (χ0) is 10.3. The van der Waals surface area contributed by atoms with E-state index in [-0.39, 0.29) is 5.41 Å². The van der Waals surface area contributed by atoms with Gasteiger partial charge in [0.15, 0.2) is 0 Å². The van der Waals surface area contributed by atoms with E-state index in [9.17, 15) is 5.11 Å². The molecule has 13 heavy (non-hydrogen) atoms. The first-order chi connectivity index (χ1) is 5.71. The van der Waals surface area contributed by atoms with E-state index in [1.807, 2.05) is 5.38 Å². The molecule has 0 unspecified atom stereocenters. The van der Waals surface area contributed by atoms with Gasteiger partial charge in [-0.3, -0.25) is 0 Å². The number of hydrogen-bond donors (Lipinski definition) is 1. The van der Waals surface area contributed by atoms with Crippen molar-refractivity contribution in [3.8, 4) is 0 Å². The number of thiazole rings is 1. The summed E-state index contributed by atoms with van der Waals surface area (Å²) in [4.78, 5) is 4.42. The minimum atomic E-state index is -0.819. The van der Waals surface area contributed by atoms with Crippen molar-refractivity contribution < 1.29 is 5.11 Å². The number of rotatable bonds is 1. The van der Waals surface area contributed by atoms with Crippen LogP contribution >= 0.6 is 11.3 Å². The molecular formula is C10H17NOS. The zero-order valence-corrected chi connectivity index (χ0v) is 9.70. The van der Waals surface area contributed by atoms with Gasteiger partial charge >= 0.3 is 0 Å². The summed E-state index contributed by atoms with van der Waals surface area (Å²) in [7, 11) is 0. The normalized spacial score (nSPS) is 13.4. The first-order valence-electron chi connectivity index (χ1n) is 4.40. The summed E-state index contributed by atoms with van der Waals surface area (Å²) in [5.41, 5.74) is 0.0242. The highest BCUT2D eigenvalue weighted by molar-refractivity contribution is 7.09. The van der Waals surface area contributed by atoms with Crippen molar-refractivity contribution in [2.45, 2.75) is 45.6 Å². The molecule has 1 aromatic heterocycles. The number of nitrogens with zero attached hydrogens (tertiary/aromatic N) is 1. The lowest BCUT2D eigenvalue weighted by atomic mass is 9.98. The molecule has 0 bridgehead atoms. The summed E-state index contributed by atoms with van der Waals surface area (Å²) in [5.74, 6) is 0. The Balaban J connectivity index is 3.01. The molecule has 0 aliphatic heterocycles. The molecule has 0 radical (unpaired) electrons.